The van der Waals surface area contributed by atoms with Crippen molar-refractivity contribution in [1.29, 1.82) is 0 Å². The highest BCUT2D eigenvalue weighted by molar-refractivity contribution is 7.85. The van der Waals surface area contributed by atoms with E-state index in [1.54, 1.807) is 5.43 Å². The zero-order chi connectivity index (χ0) is 8.20. The van der Waals surface area contributed by atoms with Gasteiger partial charge in [0, 0.05) is 0 Å². The number of carbonyl (C=O) groups excluding carboxylic acids is 1. The highest BCUT2D eigenvalue weighted by atomic mass is 32.2. The first kappa shape index (κ1) is 9.14. The van der Waals surface area contributed by atoms with Gasteiger partial charge in [-0.25, -0.2) is 10.2 Å². The van der Waals surface area contributed by atoms with Crippen molar-refractivity contribution in [2.24, 2.45) is 5.73 Å². The normalized spacial score (nSPS) is 10.9. The van der Waals surface area contributed by atoms with Crippen LogP contribution in [0.25, 0.3) is 0 Å². The third-order valence-electron chi connectivity index (χ3n) is 0.466. The van der Waals surface area contributed by atoms with Crippen molar-refractivity contribution in [2.75, 3.05) is 5.88 Å². The smallest absolute Gasteiger partial charge is 0.326 e. The summed E-state index contributed by atoms with van der Waals surface area (Å²) in [6.45, 7) is 0. The third-order valence-corrected chi connectivity index (χ3v) is 0.975. The van der Waals surface area contributed by atoms with Gasteiger partial charge in [-0.3, -0.25) is 9.98 Å². The predicted octanol–water partition coefficient (Wildman–Crippen LogP) is -2.00. The van der Waals surface area contributed by atoms with Crippen LogP contribution < -0.4 is 16.6 Å². The molecule has 8 heteroatoms. The van der Waals surface area contributed by atoms with Crippen LogP contribution in [0.3, 0.4) is 0 Å². The fourth-order valence-electron chi connectivity index (χ4n) is 0.214. The van der Waals surface area contributed by atoms with Gasteiger partial charge < -0.3 is 5.73 Å². The van der Waals surface area contributed by atoms with E-state index in [1.807, 2.05) is 5.43 Å². The fraction of sp³-hybridized carbons (Fsp3) is 0.500. The number of hydrazine groups is 1. The highest BCUT2D eigenvalue weighted by Gasteiger charge is 2.01. The number of urea groups is 1. The summed E-state index contributed by atoms with van der Waals surface area (Å²) in [5.41, 5.74) is 8.15. The van der Waals surface area contributed by atoms with E-state index in [9.17, 15) is 13.2 Å². The van der Waals surface area contributed by atoms with Crippen molar-refractivity contribution in [3.05, 3.63) is 0 Å². The molecule has 0 bridgehead atoms. The summed E-state index contributed by atoms with van der Waals surface area (Å²) in [5.74, 6) is -0.768. The van der Waals surface area contributed by atoms with E-state index in [1.165, 1.54) is 0 Å². The van der Waals surface area contributed by atoms with Gasteiger partial charge in [0.05, 0.1) is 0 Å². The van der Waals surface area contributed by atoms with Crippen LogP contribution in [-0.2, 0) is 10.1 Å². The zero-order valence-electron chi connectivity index (χ0n) is 4.86. The molecular weight excluding hydrogens is 162 g/mol. The lowest BCUT2D eigenvalue weighted by Gasteiger charge is -1.99. The van der Waals surface area contributed by atoms with E-state index in [0.717, 1.165) is 0 Å². The number of amides is 2. The Labute approximate surface area is 57.3 Å². The molecule has 0 aliphatic heterocycles. The van der Waals surface area contributed by atoms with Gasteiger partial charge in [0.15, 0.2) is 0 Å². The number of hydrogen-bond acceptors (Lipinski definition) is 4. The SMILES string of the molecule is NC(=O)NNCS(=O)(=O)O. The molecule has 0 spiro atoms. The average Bonchev–Trinajstić information content (AvgIpc) is 1.59. The lowest BCUT2D eigenvalue weighted by Crippen LogP contribution is -2.43. The standard InChI is InChI=1S/C2H7N3O4S/c3-2(6)5-4-1-10(7,8)9/h4H,1H2,(H3,3,5,6)(H,7,8,9). The second-order valence-electron chi connectivity index (χ2n) is 1.39. The van der Waals surface area contributed by atoms with E-state index >= 15 is 0 Å². The molecule has 0 unspecified atom stereocenters. The van der Waals surface area contributed by atoms with Crippen LogP contribution in [0, 0.1) is 0 Å². The molecule has 0 aliphatic rings. The van der Waals surface area contributed by atoms with Crippen molar-refractivity contribution >= 4 is 16.1 Å². The monoisotopic (exact) mass is 169 g/mol. The van der Waals surface area contributed by atoms with Crippen molar-refractivity contribution in [2.45, 2.75) is 0 Å². The van der Waals surface area contributed by atoms with Crippen molar-refractivity contribution in [1.82, 2.24) is 10.9 Å². The lowest BCUT2D eigenvalue weighted by atomic mass is 11.1. The van der Waals surface area contributed by atoms with E-state index in [0.29, 0.717) is 0 Å². The van der Waals surface area contributed by atoms with Crippen LogP contribution >= 0.6 is 0 Å². The lowest BCUT2D eigenvalue weighted by molar-refractivity contribution is 0.245. The molecule has 60 valence electrons. The minimum Gasteiger partial charge on any atom is -0.351 e. The largest absolute Gasteiger partial charge is 0.351 e. The molecule has 2 amide bonds. The molecule has 10 heavy (non-hydrogen) atoms. The molecule has 0 heterocycles. The molecule has 0 saturated heterocycles. The summed E-state index contributed by atoms with van der Waals surface area (Å²) in [4.78, 5) is 9.86. The van der Waals surface area contributed by atoms with Crippen LogP contribution in [0.4, 0.5) is 4.79 Å². The van der Waals surface area contributed by atoms with E-state index in [4.69, 9.17) is 4.55 Å². The van der Waals surface area contributed by atoms with Gasteiger partial charge >= 0.3 is 6.03 Å². The molecule has 0 radical (unpaired) electrons. The Kier molecular flexibility index (Phi) is 3.06. The maximum Gasteiger partial charge on any atom is 0.326 e. The van der Waals surface area contributed by atoms with Gasteiger partial charge in [-0.05, 0) is 0 Å². The maximum atomic E-state index is 9.91. The molecular formula is C2H7N3O4S. The molecule has 7 nitrogen and oxygen atoms in total. The third kappa shape index (κ3) is 7.14. The Balaban J connectivity index is 3.49. The molecule has 0 aromatic heterocycles. The molecule has 0 fully saturated rings. The van der Waals surface area contributed by atoms with E-state index in [-0.39, 0.29) is 0 Å². The second-order valence-corrected chi connectivity index (χ2v) is 2.84. The summed E-state index contributed by atoms with van der Waals surface area (Å²) in [5, 5.41) is 0. The first-order chi connectivity index (χ1) is 4.42. The zero-order valence-corrected chi connectivity index (χ0v) is 5.68. The van der Waals surface area contributed by atoms with Crippen LogP contribution in [0.2, 0.25) is 0 Å². The first-order valence-corrected chi connectivity index (χ1v) is 3.76. The summed E-state index contributed by atoms with van der Waals surface area (Å²) in [6, 6.07) is -0.927. The van der Waals surface area contributed by atoms with Crippen molar-refractivity contribution in [3.8, 4) is 0 Å². The summed E-state index contributed by atoms with van der Waals surface area (Å²) < 4.78 is 27.9. The Hall–Kier alpha value is -0.860. The quantitative estimate of drug-likeness (QED) is 0.287. The number of nitrogens with one attached hydrogen (secondary N) is 2. The van der Waals surface area contributed by atoms with Crippen LogP contribution in [0.1, 0.15) is 0 Å². The van der Waals surface area contributed by atoms with Gasteiger partial charge in [-0.15, -0.1) is 0 Å². The number of primary amides is 1. The van der Waals surface area contributed by atoms with Crippen LogP contribution in [0.5, 0.6) is 0 Å². The highest BCUT2D eigenvalue weighted by Crippen LogP contribution is 1.72. The van der Waals surface area contributed by atoms with Gasteiger partial charge in [0.2, 0.25) is 0 Å². The Bertz CT molecular complexity index is 209. The molecule has 5 N–H and O–H groups in total. The van der Waals surface area contributed by atoms with Crippen LogP contribution in [-0.4, -0.2) is 24.9 Å². The molecule has 0 aromatic rings. The van der Waals surface area contributed by atoms with Gasteiger partial charge in [-0.1, -0.05) is 0 Å². The number of rotatable bonds is 3. The van der Waals surface area contributed by atoms with Crippen molar-refractivity contribution < 1.29 is 17.8 Å². The molecule has 0 aliphatic carbocycles. The summed E-state index contributed by atoms with van der Waals surface area (Å²) in [7, 11) is -4.10. The van der Waals surface area contributed by atoms with E-state index in [2.05, 4.69) is 5.73 Å². The average molecular weight is 169 g/mol. The molecule has 0 atom stereocenters. The molecule has 0 aromatic carbocycles. The van der Waals surface area contributed by atoms with Crippen LogP contribution in [0.15, 0.2) is 0 Å². The van der Waals surface area contributed by atoms with Gasteiger partial charge in [0.1, 0.15) is 5.88 Å². The Morgan fingerprint density at radius 3 is 2.40 bits per heavy atom. The minimum absolute atomic E-state index is 0.768. The minimum atomic E-state index is -4.10. The fourth-order valence-corrected chi connectivity index (χ4v) is 0.469. The topological polar surface area (TPSA) is 122 Å². The van der Waals surface area contributed by atoms with E-state index < -0.39 is 22.0 Å². The Morgan fingerprint density at radius 1 is 1.60 bits per heavy atom. The maximum absolute atomic E-state index is 9.91. The van der Waals surface area contributed by atoms with Gasteiger partial charge in [-0.2, -0.15) is 8.42 Å². The molecule has 0 saturated carbocycles. The predicted molar refractivity (Wildman–Crippen MR) is 32.3 cm³/mol. The Morgan fingerprint density at radius 2 is 2.10 bits per heavy atom. The second kappa shape index (κ2) is 3.34. The van der Waals surface area contributed by atoms with Crippen molar-refractivity contribution in [3.63, 3.8) is 0 Å². The number of nitrogens with two attached hydrogens (primary N) is 1. The number of hydrogen-bond donors (Lipinski definition) is 4. The summed E-state index contributed by atoms with van der Waals surface area (Å²) >= 11 is 0. The van der Waals surface area contributed by atoms with Gasteiger partial charge in [0.25, 0.3) is 10.1 Å². The summed E-state index contributed by atoms with van der Waals surface area (Å²) in [6.07, 6.45) is 0. The molecule has 0 rings (SSSR count). The first-order valence-electron chi connectivity index (χ1n) is 2.15. The number of carbonyl (C=O) groups is 1.